The van der Waals surface area contributed by atoms with Crippen LogP contribution in [0.1, 0.15) is 34.7 Å². The number of nitrogens with two attached hydrogens (primary N) is 1. The highest BCUT2D eigenvalue weighted by Crippen LogP contribution is 2.29. The van der Waals surface area contributed by atoms with Crippen LogP contribution < -0.4 is 11.1 Å². The number of nitrogens with one attached hydrogen (secondary N) is 1. The highest BCUT2D eigenvalue weighted by Gasteiger charge is 2.21. The van der Waals surface area contributed by atoms with Crippen molar-refractivity contribution >= 4 is 17.2 Å². The van der Waals surface area contributed by atoms with E-state index in [0.717, 1.165) is 21.7 Å². The Labute approximate surface area is 161 Å². The van der Waals surface area contributed by atoms with Gasteiger partial charge in [0.25, 0.3) is 0 Å². The lowest BCUT2D eigenvalue weighted by Gasteiger charge is -2.15. The van der Waals surface area contributed by atoms with Crippen LogP contribution >= 0.6 is 11.3 Å². The van der Waals surface area contributed by atoms with E-state index in [1.165, 1.54) is 24.3 Å². The molecule has 7 heteroatoms. The molecule has 3 aromatic rings. The van der Waals surface area contributed by atoms with Crippen molar-refractivity contribution < 1.29 is 9.18 Å². The first-order valence-electron chi connectivity index (χ1n) is 8.61. The van der Waals surface area contributed by atoms with Gasteiger partial charge in [0.1, 0.15) is 15.8 Å². The standard InChI is InChI=1S/C20H21FN4OS/c1-12-4-3-5-16(8-12)19-24-25-20(27-19)18(23-13(2)26)10-15-7-6-14(11-22)9-17(15)21/h3-9,18H,10-11,22H2,1-2H3,(H,23,26). The van der Waals surface area contributed by atoms with Crippen LogP contribution in [0.5, 0.6) is 0 Å². The molecule has 0 aliphatic heterocycles. The number of benzene rings is 2. The van der Waals surface area contributed by atoms with Gasteiger partial charge in [-0.05, 0) is 30.2 Å². The van der Waals surface area contributed by atoms with Crippen LogP contribution in [0.15, 0.2) is 42.5 Å². The van der Waals surface area contributed by atoms with Gasteiger partial charge in [-0.15, -0.1) is 10.2 Å². The SMILES string of the molecule is CC(=O)NC(Cc1ccc(CN)cc1F)c1nnc(-c2cccc(C)c2)s1. The predicted octanol–water partition coefficient (Wildman–Crippen LogP) is 3.53. The lowest BCUT2D eigenvalue weighted by atomic mass is 10.0. The first kappa shape index (κ1) is 19.1. The first-order chi connectivity index (χ1) is 13.0. The zero-order valence-electron chi connectivity index (χ0n) is 15.2. The van der Waals surface area contributed by atoms with Crippen molar-refractivity contribution in [2.75, 3.05) is 0 Å². The number of amides is 1. The fourth-order valence-corrected chi connectivity index (χ4v) is 3.71. The Bertz CT molecular complexity index is 957. The Morgan fingerprint density at radius 3 is 2.74 bits per heavy atom. The lowest BCUT2D eigenvalue weighted by Crippen LogP contribution is -2.28. The van der Waals surface area contributed by atoms with Gasteiger partial charge in [-0.2, -0.15) is 0 Å². The number of hydrogen-bond acceptors (Lipinski definition) is 5. The van der Waals surface area contributed by atoms with Crippen molar-refractivity contribution in [3.8, 4) is 10.6 Å². The molecule has 3 rings (SSSR count). The van der Waals surface area contributed by atoms with Gasteiger partial charge in [-0.3, -0.25) is 4.79 Å². The van der Waals surface area contributed by atoms with E-state index in [9.17, 15) is 9.18 Å². The molecule has 0 radical (unpaired) electrons. The third-order valence-corrected chi connectivity index (χ3v) is 5.24. The second-order valence-electron chi connectivity index (χ2n) is 6.40. The van der Waals surface area contributed by atoms with Gasteiger partial charge < -0.3 is 11.1 Å². The number of hydrogen-bond donors (Lipinski definition) is 2. The van der Waals surface area contributed by atoms with Gasteiger partial charge in [0.2, 0.25) is 5.91 Å². The van der Waals surface area contributed by atoms with Crippen LogP contribution in [0.3, 0.4) is 0 Å². The fourth-order valence-electron chi connectivity index (χ4n) is 2.82. The Hall–Kier alpha value is -2.64. The number of nitrogens with zero attached hydrogens (tertiary/aromatic N) is 2. The third-order valence-electron chi connectivity index (χ3n) is 4.16. The smallest absolute Gasteiger partial charge is 0.217 e. The Kier molecular flexibility index (Phi) is 5.93. The highest BCUT2D eigenvalue weighted by atomic mass is 32.1. The summed E-state index contributed by atoms with van der Waals surface area (Å²) in [6.07, 6.45) is 0.290. The second kappa shape index (κ2) is 8.37. The molecule has 5 nitrogen and oxygen atoms in total. The molecule has 2 aromatic carbocycles. The molecule has 0 aliphatic rings. The number of aromatic nitrogens is 2. The third kappa shape index (κ3) is 4.75. The summed E-state index contributed by atoms with van der Waals surface area (Å²) in [6.45, 7) is 3.73. The molecule has 1 aromatic heterocycles. The zero-order chi connectivity index (χ0) is 19.4. The number of carbonyl (C=O) groups excluding carboxylic acids is 1. The minimum atomic E-state index is -0.447. The van der Waals surface area contributed by atoms with Crippen molar-refractivity contribution in [3.05, 3.63) is 70.0 Å². The number of halogens is 1. The summed E-state index contributed by atoms with van der Waals surface area (Å²) in [5.74, 6) is -0.539. The van der Waals surface area contributed by atoms with Gasteiger partial charge >= 0.3 is 0 Å². The Morgan fingerprint density at radius 2 is 2.07 bits per heavy atom. The van der Waals surface area contributed by atoms with E-state index in [2.05, 4.69) is 15.5 Å². The van der Waals surface area contributed by atoms with Gasteiger partial charge in [0.15, 0.2) is 0 Å². The zero-order valence-corrected chi connectivity index (χ0v) is 16.0. The quantitative estimate of drug-likeness (QED) is 0.681. The molecule has 27 heavy (non-hydrogen) atoms. The maximum atomic E-state index is 14.4. The van der Waals surface area contributed by atoms with Crippen LogP contribution in [0.2, 0.25) is 0 Å². The molecule has 1 atom stereocenters. The van der Waals surface area contributed by atoms with Crippen molar-refractivity contribution in [2.45, 2.75) is 32.9 Å². The second-order valence-corrected chi connectivity index (χ2v) is 7.41. The molecule has 3 N–H and O–H groups in total. The molecule has 140 valence electrons. The van der Waals surface area contributed by atoms with E-state index in [0.29, 0.717) is 17.0 Å². The molecule has 0 saturated carbocycles. The van der Waals surface area contributed by atoms with Crippen LogP contribution in [0.25, 0.3) is 10.6 Å². The summed E-state index contributed by atoms with van der Waals surface area (Å²) >= 11 is 1.40. The summed E-state index contributed by atoms with van der Waals surface area (Å²) in [5, 5.41) is 12.8. The van der Waals surface area contributed by atoms with Gasteiger partial charge in [0.05, 0.1) is 6.04 Å². The summed E-state index contributed by atoms with van der Waals surface area (Å²) in [4.78, 5) is 11.7. The van der Waals surface area contributed by atoms with E-state index < -0.39 is 6.04 Å². The summed E-state index contributed by atoms with van der Waals surface area (Å²) in [5.41, 5.74) is 8.88. The molecule has 0 fully saturated rings. The number of rotatable bonds is 6. The average molecular weight is 384 g/mol. The number of carbonyl (C=O) groups is 1. The van der Waals surface area contributed by atoms with Crippen molar-refractivity contribution in [1.82, 2.24) is 15.5 Å². The highest BCUT2D eigenvalue weighted by molar-refractivity contribution is 7.14. The largest absolute Gasteiger partial charge is 0.347 e. The summed E-state index contributed by atoms with van der Waals surface area (Å²) in [6, 6.07) is 12.5. The van der Waals surface area contributed by atoms with E-state index in [1.54, 1.807) is 12.1 Å². The predicted molar refractivity (Wildman–Crippen MR) is 105 cm³/mol. The molecular weight excluding hydrogens is 363 g/mol. The lowest BCUT2D eigenvalue weighted by molar-refractivity contribution is -0.119. The molecule has 0 spiro atoms. The van der Waals surface area contributed by atoms with E-state index >= 15 is 0 Å². The van der Waals surface area contributed by atoms with Crippen LogP contribution in [-0.4, -0.2) is 16.1 Å². The molecule has 0 bridgehead atoms. The van der Waals surface area contributed by atoms with Crippen molar-refractivity contribution in [1.29, 1.82) is 0 Å². The molecule has 0 aliphatic carbocycles. The van der Waals surface area contributed by atoms with E-state index in [4.69, 9.17) is 5.73 Å². The molecule has 0 saturated heterocycles. The topological polar surface area (TPSA) is 80.9 Å². The normalized spacial score (nSPS) is 12.0. The summed E-state index contributed by atoms with van der Waals surface area (Å²) in [7, 11) is 0. The first-order valence-corrected chi connectivity index (χ1v) is 9.43. The van der Waals surface area contributed by atoms with Crippen LogP contribution in [-0.2, 0) is 17.8 Å². The van der Waals surface area contributed by atoms with E-state index in [-0.39, 0.29) is 18.3 Å². The van der Waals surface area contributed by atoms with Crippen LogP contribution in [0.4, 0.5) is 4.39 Å². The Morgan fingerprint density at radius 1 is 1.26 bits per heavy atom. The molecular formula is C20H21FN4OS. The maximum Gasteiger partial charge on any atom is 0.217 e. The fraction of sp³-hybridized carbons (Fsp3) is 0.250. The minimum absolute atomic E-state index is 0.203. The van der Waals surface area contributed by atoms with Gasteiger partial charge in [0, 0.05) is 25.5 Å². The number of aryl methyl sites for hydroxylation is 1. The van der Waals surface area contributed by atoms with Crippen molar-refractivity contribution in [3.63, 3.8) is 0 Å². The minimum Gasteiger partial charge on any atom is -0.347 e. The molecule has 1 unspecified atom stereocenters. The van der Waals surface area contributed by atoms with Gasteiger partial charge in [-0.1, -0.05) is 47.2 Å². The Balaban J connectivity index is 1.88. The monoisotopic (exact) mass is 384 g/mol. The van der Waals surface area contributed by atoms with E-state index in [1.807, 2.05) is 31.2 Å². The summed E-state index contributed by atoms with van der Waals surface area (Å²) < 4.78 is 14.4. The molecule has 1 amide bonds. The van der Waals surface area contributed by atoms with Crippen molar-refractivity contribution in [2.24, 2.45) is 5.73 Å². The van der Waals surface area contributed by atoms with Gasteiger partial charge in [-0.25, -0.2) is 4.39 Å². The maximum absolute atomic E-state index is 14.4. The van der Waals surface area contributed by atoms with Crippen LogP contribution in [0, 0.1) is 12.7 Å². The average Bonchev–Trinajstić information content (AvgIpc) is 3.12. The molecule has 1 heterocycles.